The van der Waals surface area contributed by atoms with Gasteiger partial charge in [-0.1, -0.05) is 24.6 Å². The fourth-order valence-corrected chi connectivity index (χ4v) is 3.39. The molecule has 3 rings (SSSR count). The van der Waals surface area contributed by atoms with Crippen molar-refractivity contribution in [2.24, 2.45) is 4.99 Å². The minimum atomic E-state index is -4.32. The number of aromatic nitrogens is 2. The molecule has 2 N–H and O–H groups in total. The molecule has 1 saturated carbocycles. The predicted octanol–water partition coefficient (Wildman–Crippen LogP) is 3.19. The summed E-state index contributed by atoms with van der Waals surface area (Å²) in [5.41, 5.74) is -0.128. The molecule has 2 aromatic rings. The third-order valence-corrected chi connectivity index (χ3v) is 5.12. The van der Waals surface area contributed by atoms with Crippen molar-refractivity contribution in [3.63, 3.8) is 0 Å². The second-order valence-electron chi connectivity index (χ2n) is 6.83. The molecule has 0 bridgehead atoms. The largest absolute Gasteiger partial charge is 0.416 e. The number of rotatable bonds is 6. The van der Waals surface area contributed by atoms with Crippen LogP contribution in [-0.2, 0) is 18.1 Å². The molecule has 0 unspecified atom stereocenters. The molecule has 1 aromatic heterocycles. The van der Waals surface area contributed by atoms with Gasteiger partial charge >= 0.3 is 6.18 Å². The van der Waals surface area contributed by atoms with Crippen molar-refractivity contribution >= 4 is 5.96 Å². The fraction of sp³-hybridized carbons (Fsp3) is 0.474. The van der Waals surface area contributed by atoms with Gasteiger partial charge in [0.25, 0.3) is 0 Å². The molecule has 0 aliphatic heterocycles. The first-order valence-corrected chi connectivity index (χ1v) is 9.03. The van der Waals surface area contributed by atoms with Crippen LogP contribution in [0.4, 0.5) is 13.2 Å². The predicted molar refractivity (Wildman–Crippen MR) is 98.6 cm³/mol. The summed E-state index contributed by atoms with van der Waals surface area (Å²) in [4.78, 5) is 4.20. The van der Waals surface area contributed by atoms with Crippen molar-refractivity contribution in [3.05, 3.63) is 53.9 Å². The summed E-state index contributed by atoms with van der Waals surface area (Å²) in [7, 11) is 1.68. The lowest BCUT2D eigenvalue weighted by Crippen LogP contribution is -2.49. The molecule has 1 aliphatic carbocycles. The van der Waals surface area contributed by atoms with Gasteiger partial charge in [0.15, 0.2) is 5.96 Å². The van der Waals surface area contributed by atoms with E-state index in [1.807, 2.05) is 16.9 Å². The van der Waals surface area contributed by atoms with Crippen LogP contribution in [0.3, 0.4) is 0 Å². The van der Waals surface area contributed by atoms with E-state index in [0.717, 1.165) is 30.9 Å². The number of nitrogens with zero attached hydrogens (tertiary/aromatic N) is 3. The van der Waals surface area contributed by atoms with E-state index >= 15 is 0 Å². The lowest BCUT2D eigenvalue weighted by Gasteiger charge is -2.43. The molecule has 0 radical (unpaired) electrons. The summed E-state index contributed by atoms with van der Waals surface area (Å²) in [6.07, 6.45) is 2.04. The highest BCUT2D eigenvalue weighted by Crippen LogP contribution is 2.44. The molecule has 0 saturated heterocycles. The Kier molecular flexibility index (Phi) is 5.72. The zero-order valence-corrected chi connectivity index (χ0v) is 15.3. The Labute approximate surface area is 156 Å². The van der Waals surface area contributed by atoms with E-state index in [9.17, 15) is 13.2 Å². The number of nitrogens with one attached hydrogen (secondary N) is 2. The van der Waals surface area contributed by atoms with Gasteiger partial charge in [-0.2, -0.15) is 18.3 Å². The number of guanidine groups is 1. The van der Waals surface area contributed by atoms with Crippen LogP contribution in [0.2, 0.25) is 0 Å². The molecule has 0 atom stereocenters. The standard InChI is InChI=1S/C19H24F3N5/c1-23-17(24-10-12-27-11-4-9-26-27)25-14-18(7-3-8-18)15-5-2-6-16(13-15)19(20,21)22/h2,4-6,9,11,13H,3,7-8,10,12,14H2,1H3,(H2,23,24,25). The fourth-order valence-electron chi connectivity index (χ4n) is 3.39. The summed E-state index contributed by atoms with van der Waals surface area (Å²) < 4.78 is 41.0. The third-order valence-electron chi connectivity index (χ3n) is 5.12. The molecule has 1 aliphatic rings. The minimum Gasteiger partial charge on any atom is -0.356 e. The second-order valence-corrected chi connectivity index (χ2v) is 6.83. The van der Waals surface area contributed by atoms with E-state index in [-0.39, 0.29) is 5.41 Å². The van der Waals surface area contributed by atoms with Gasteiger partial charge in [0.2, 0.25) is 0 Å². The lowest BCUT2D eigenvalue weighted by molar-refractivity contribution is -0.137. The Morgan fingerprint density at radius 3 is 2.67 bits per heavy atom. The number of hydrogen-bond acceptors (Lipinski definition) is 2. The first-order valence-electron chi connectivity index (χ1n) is 9.03. The van der Waals surface area contributed by atoms with Gasteiger partial charge in [0.1, 0.15) is 0 Å². The zero-order chi connectivity index (χ0) is 19.3. The third kappa shape index (κ3) is 4.61. The molecular weight excluding hydrogens is 355 g/mol. The van der Waals surface area contributed by atoms with Crippen LogP contribution in [0.1, 0.15) is 30.4 Å². The molecule has 0 amide bonds. The van der Waals surface area contributed by atoms with Crippen molar-refractivity contribution in [2.75, 3.05) is 20.1 Å². The Hall–Kier alpha value is -2.51. The molecular formula is C19H24F3N5. The van der Waals surface area contributed by atoms with Gasteiger partial charge in [-0.25, -0.2) is 0 Å². The number of alkyl halides is 3. The first kappa shape index (κ1) is 19.3. The Morgan fingerprint density at radius 1 is 1.26 bits per heavy atom. The smallest absolute Gasteiger partial charge is 0.356 e. The summed E-state index contributed by atoms with van der Waals surface area (Å²) in [5.74, 6) is 0.639. The van der Waals surface area contributed by atoms with Gasteiger partial charge in [-0.15, -0.1) is 0 Å². The average molecular weight is 379 g/mol. The summed E-state index contributed by atoms with van der Waals surface area (Å²) >= 11 is 0. The summed E-state index contributed by atoms with van der Waals surface area (Å²) in [6, 6.07) is 7.57. The van der Waals surface area contributed by atoms with Gasteiger partial charge in [0.05, 0.1) is 12.1 Å². The Bertz CT molecular complexity index is 764. The highest BCUT2D eigenvalue weighted by Gasteiger charge is 2.40. The minimum absolute atomic E-state index is 0.277. The van der Waals surface area contributed by atoms with Crippen LogP contribution in [0, 0.1) is 0 Å². The van der Waals surface area contributed by atoms with E-state index < -0.39 is 11.7 Å². The Balaban J connectivity index is 1.60. The zero-order valence-electron chi connectivity index (χ0n) is 15.3. The number of halogens is 3. The maximum absolute atomic E-state index is 13.1. The molecule has 1 fully saturated rings. The maximum atomic E-state index is 13.1. The number of aliphatic imine (C=N–C) groups is 1. The van der Waals surface area contributed by atoms with Crippen LogP contribution in [-0.4, -0.2) is 35.9 Å². The van der Waals surface area contributed by atoms with Gasteiger partial charge in [-0.3, -0.25) is 9.67 Å². The highest BCUT2D eigenvalue weighted by molar-refractivity contribution is 5.79. The van der Waals surface area contributed by atoms with Crippen molar-refractivity contribution in [2.45, 2.75) is 37.4 Å². The molecule has 1 aromatic carbocycles. The van der Waals surface area contributed by atoms with Crippen LogP contribution in [0.25, 0.3) is 0 Å². The Morgan fingerprint density at radius 2 is 2.07 bits per heavy atom. The maximum Gasteiger partial charge on any atom is 0.416 e. The van der Waals surface area contributed by atoms with E-state index in [2.05, 4.69) is 20.7 Å². The van der Waals surface area contributed by atoms with Crippen molar-refractivity contribution in [1.29, 1.82) is 0 Å². The van der Waals surface area contributed by atoms with E-state index in [0.29, 0.717) is 25.6 Å². The second kappa shape index (κ2) is 8.02. The van der Waals surface area contributed by atoms with E-state index in [1.165, 1.54) is 12.1 Å². The molecule has 1 heterocycles. The molecule has 5 nitrogen and oxygen atoms in total. The quantitative estimate of drug-likeness (QED) is 0.599. The van der Waals surface area contributed by atoms with Crippen LogP contribution < -0.4 is 10.6 Å². The molecule has 8 heteroatoms. The van der Waals surface area contributed by atoms with Crippen molar-refractivity contribution < 1.29 is 13.2 Å². The van der Waals surface area contributed by atoms with Crippen LogP contribution in [0.5, 0.6) is 0 Å². The normalized spacial score (nSPS) is 16.7. The molecule has 27 heavy (non-hydrogen) atoms. The summed E-state index contributed by atoms with van der Waals surface area (Å²) in [5, 5.41) is 10.6. The topological polar surface area (TPSA) is 54.2 Å². The van der Waals surface area contributed by atoms with E-state index in [4.69, 9.17) is 0 Å². The van der Waals surface area contributed by atoms with Crippen LogP contribution >= 0.6 is 0 Å². The van der Waals surface area contributed by atoms with Gasteiger partial charge in [0, 0.05) is 37.9 Å². The molecule has 146 valence electrons. The number of hydrogen-bond donors (Lipinski definition) is 2. The van der Waals surface area contributed by atoms with Gasteiger partial charge in [-0.05, 0) is 30.5 Å². The van der Waals surface area contributed by atoms with Crippen LogP contribution in [0.15, 0.2) is 47.7 Å². The monoisotopic (exact) mass is 379 g/mol. The van der Waals surface area contributed by atoms with Crippen molar-refractivity contribution in [1.82, 2.24) is 20.4 Å². The molecule has 0 spiro atoms. The van der Waals surface area contributed by atoms with Crippen molar-refractivity contribution in [3.8, 4) is 0 Å². The summed E-state index contributed by atoms with van der Waals surface area (Å²) in [6.45, 7) is 1.90. The average Bonchev–Trinajstić information content (AvgIpc) is 3.12. The number of benzene rings is 1. The lowest BCUT2D eigenvalue weighted by atomic mass is 9.64. The highest BCUT2D eigenvalue weighted by atomic mass is 19.4. The van der Waals surface area contributed by atoms with E-state index in [1.54, 1.807) is 19.3 Å². The van der Waals surface area contributed by atoms with Gasteiger partial charge < -0.3 is 10.6 Å². The first-order chi connectivity index (χ1) is 12.9. The SMILES string of the molecule is CN=C(NCCn1cccn1)NCC1(c2cccc(C(F)(F)F)c2)CCC1.